The van der Waals surface area contributed by atoms with Gasteiger partial charge in [-0.15, -0.1) is 0 Å². The fraction of sp³-hybridized carbons (Fsp3) is 0.333. The highest BCUT2D eigenvalue weighted by atomic mass is 79.9. The van der Waals surface area contributed by atoms with E-state index in [0.29, 0.717) is 16.7 Å². The van der Waals surface area contributed by atoms with Crippen LogP contribution >= 0.6 is 15.9 Å². The Labute approximate surface area is 123 Å². The topological polar surface area (TPSA) is 92.9 Å². The highest BCUT2D eigenvalue weighted by molar-refractivity contribution is 9.10. The number of aryl methyl sites for hydroxylation is 1. The number of rotatable bonds is 5. The van der Waals surface area contributed by atoms with E-state index in [2.05, 4.69) is 36.3 Å². The molecule has 0 aromatic carbocycles. The van der Waals surface area contributed by atoms with Crippen molar-refractivity contribution in [1.29, 1.82) is 0 Å². The van der Waals surface area contributed by atoms with Crippen LogP contribution in [0.15, 0.2) is 27.9 Å². The van der Waals surface area contributed by atoms with E-state index in [-0.39, 0.29) is 18.7 Å². The molecule has 0 saturated heterocycles. The third kappa shape index (κ3) is 3.40. The Morgan fingerprint density at radius 3 is 2.80 bits per heavy atom. The van der Waals surface area contributed by atoms with Crippen LogP contribution in [0.3, 0.4) is 0 Å². The van der Waals surface area contributed by atoms with Gasteiger partial charge in [-0.05, 0) is 22.9 Å². The Morgan fingerprint density at radius 1 is 1.35 bits per heavy atom. The van der Waals surface area contributed by atoms with Crippen molar-refractivity contribution in [2.75, 3.05) is 11.9 Å². The lowest BCUT2D eigenvalue weighted by atomic mass is 10.4. The molecule has 0 aliphatic carbocycles. The zero-order valence-corrected chi connectivity index (χ0v) is 12.5. The molecule has 0 radical (unpaired) electrons. The SMILES string of the molecule is Cc1cnc(CNc2cnn(CCO)c(=O)c2Br)cn1. The number of aliphatic hydroxyl groups excluding tert-OH is 1. The fourth-order valence-corrected chi connectivity index (χ4v) is 1.99. The van der Waals surface area contributed by atoms with Gasteiger partial charge < -0.3 is 10.4 Å². The first-order valence-electron chi connectivity index (χ1n) is 5.99. The van der Waals surface area contributed by atoms with E-state index < -0.39 is 0 Å². The van der Waals surface area contributed by atoms with Crippen molar-refractivity contribution in [2.45, 2.75) is 20.0 Å². The van der Waals surface area contributed by atoms with Crippen LogP contribution in [-0.2, 0) is 13.1 Å². The first-order valence-corrected chi connectivity index (χ1v) is 6.79. The molecule has 106 valence electrons. The average molecular weight is 340 g/mol. The Hall–Kier alpha value is -1.80. The highest BCUT2D eigenvalue weighted by Gasteiger charge is 2.08. The molecule has 8 heteroatoms. The molecule has 20 heavy (non-hydrogen) atoms. The van der Waals surface area contributed by atoms with Crippen LogP contribution in [0.1, 0.15) is 11.4 Å². The minimum absolute atomic E-state index is 0.134. The van der Waals surface area contributed by atoms with E-state index in [9.17, 15) is 4.79 Å². The van der Waals surface area contributed by atoms with Gasteiger partial charge in [0.1, 0.15) is 4.47 Å². The van der Waals surface area contributed by atoms with Crippen LogP contribution in [0.25, 0.3) is 0 Å². The lowest BCUT2D eigenvalue weighted by molar-refractivity contribution is 0.266. The summed E-state index contributed by atoms with van der Waals surface area (Å²) in [5.74, 6) is 0. The number of nitrogens with one attached hydrogen (secondary N) is 1. The van der Waals surface area contributed by atoms with Crippen LogP contribution in [-0.4, -0.2) is 31.5 Å². The van der Waals surface area contributed by atoms with E-state index in [1.807, 2.05) is 6.92 Å². The van der Waals surface area contributed by atoms with Crippen LogP contribution in [0.4, 0.5) is 5.69 Å². The van der Waals surface area contributed by atoms with Gasteiger partial charge in [0.15, 0.2) is 0 Å². The molecule has 0 amide bonds. The zero-order chi connectivity index (χ0) is 14.5. The van der Waals surface area contributed by atoms with Gasteiger partial charge in [0, 0.05) is 6.20 Å². The maximum Gasteiger partial charge on any atom is 0.283 e. The lowest BCUT2D eigenvalue weighted by Gasteiger charge is -2.09. The van der Waals surface area contributed by atoms with Gasteiger partial charge in [-0.2, -0.15) is 5.10 Å². The molecule has 7 nitrogen and oxygen atoms in total. The summed E-state index contributed by atoms with van der Waals surface area (Å²) in [5, 5.41) is 15.9. The molecule has 2 N–H and O–H groups in total. The maximum atomic E-state index is 11.9. The predicted octanol–water partition coefficient (Wildman–Crippen LogP) is 0.709. The molecule has 0 unspecified atom stereocenters. The van der Waals surface area contributed by atoms with Gasteiger partial charge in [0.25, 0.3) is 5.56 Å². The zero-order valence-electron chi connectivity index (χ0n) is 10.9. The Bertz CT molecular complexity index is 641. The lowest BCUT2D eigenvalue weighted by Crippen LogP contribution is -2.25. The van der Waals surface area contributed by atoms with Crippen LogP contribution in [0.2, 0.25) is 0 Å². The van der Waals surface area contributed by atoms with Gasteiger partial charge in [0.05, 0.1) is 49.2 Å². The molecule has 0 spiro atoms. The third-order valence-electron chi connectivity index (χ3n) is 2.59. The fourth-order valence-electron chi connectivity index (χ4n) is 1.54. The van der Waals surface area contributed by atoms with E-state index in [1.54, 1.807) is 12.4 Å². The summed E-state index contributed by atoms with van der Waals surface area (Å²) in [6.07, 6.45) is 4.89. The molecule has 0 fully saturated rings. The summed E-state index contributed by atoms with van der Waals surface area (Å²) in [6, 6.07) is 0. The van der Waals surface area contributed by atoms with Crippen molar-refractivity contribution < 1.29 is 5.11 Å². The van der Waals surface area contributed by atoms with Crippen LogP contribution in [0, 0.1) is 6.92 Å². The third-order valence-corrected chi connectivity index (χ3v) is 3.36. The van der Waals surface area contributed by atoms with E-state index in [4.69, 9.17) is 5.11 Å². The van der Waals surface area contributed by atoms with Gasteiger partial charge >= 0.3 is 0 Å². The number of halogens is 1. The van der Waals surface area contributed by atoms with E-state index in [1.165, 1.54) is 10.9 Å². The largest absolute Gasteiger partial charge is 0.394 e. The number of hydrogen-bond donors (Lipinski definition) is 2. The van der Waals surface area contributed by atoms with E-state index in [0.717, 1.165) is 11.4 Å². The van der Waals surface area contributed by atoms with Crippen molar-refractivity contribution in [3.05, 3.63) is 44.8 Å². The second-order valence-electron chi connectivity index (χ2n) is 4.13. The first-order chi connectivity index (χ1) is 9.61. The van der Waals surface area contributed by atoms with Gasteiger partial charge in [-0.25, -0.2) is 4.68 Å². The Balaban J connectivity index is 2.12. The molecule has 0 bridgehead atoms. The average Bonchev–Trinajstić information content (AvgIpc) is 2.45. The second kappa shape index (κ2) is 6.58. The predicted molar refractivity (Wildman–Crippen MR) is 77.4 cm³/mol. The highest BCUT2D eigenvalue weighted by Crippen LogP contribution is 2.16. The van der Waals surface area contributed by atoms with E-state index >= 15 is 0 Å². The Morgan fingerprint density at radius 2 is 2.15 bits per heavy atom. The molecular formula is C12H14BrN5O2. The number of nitrogens with zero attached hydrogens (tertiary/aromatic N) is 4. The molecular weight excluding hydrogens is 326 g/mol. The monoisotopic (exact) mass is 339 g/mol. The summed E-state index contributed by atoms with van der Waals surface area (Å²) < 4.78 is 1.57. The molecule has 2 rings (SSSR count). The molecule has 0 saturated carbocycles. The van der Waals surface area contributed by atoms with Crippen molar-refractivity contribution in [3.8, 4) is 0 Å². The minimum Gasteiger partial charge on any atom is -0.394 e. The van der Waals surface area contributed by atoms with Gasteiger partial charge in [-0.3, -0.25) is 14.8 Å². The summed E-state index contributed by atoms with van der Waals surface area (Å²) in [6.45, 7) is 2.34. The van der Waals surface area contributed by atoms with Crippen molar-refractivity contribution >= 4 is 21.6 Å². The number of hydrogen-bond acceptors (Lipinski definition) is 6. The van der Waals surface area contributed by atoms with Crippen LogP contribution < -0.4 is 10.9 Å². The van der Waals surface area contributed by atoms with Crippen molar-refractivity contribution in [1.82, 2.24) is 19.7 Å². The Kier molecular flexibility index (Phi) is 4.80. The number of aliphatic hydroxyl groups is 1. The number of anilines is 1. The molecule has 0 aliphatic heterocycles. The molecule has 2 aromatic heterocycles. The van der Waals surface area contributed by atoms with Gasteiger partial charge in [-0.1, -0.05) is 0 Å². The summed E-state index contributed by atoms with van der Waals surface area (Å²) in [4.78, 5) is 20.3. The van der Waals surface area contributed by atoms with Crippen molar-refractivity contribution in [3.63, 3.8) is 0 Å². The second-order valence-corrected chi connectivity index (χ2v) is 4.92. The molecule has 2 heterocycles. The number of aromatic nitrogens is 4. The standard InChI is InChI=1S/C12H14BrN5O2/c1-8-4-15-9(5-14-8)6-16-10-7-17-18(2-3-19)12(20)11(10)13/h4-5,7,16,19H,2-3,6H2,1H3. The summed E-state index contributed by atoms with van der Waals surface area (Å²) >= 11 is 3.23. The first kappa shape index (κ1) is 14.6. The summed E-state index contributed by atoms with van der Waals surface area (Å²) in [7, 11) is 0. The smallest absolute Gasteiger partial charge is 0.283 e. The van der Waals surface area contributed by atoms with Gasteiger partial charge in [0.2, 0.25) is 0 Å². The van der Waals surface area contributed by atoms with Crippen LogP contribution in [0.5, 0.6) is 0 Å². The minimum atomic E-state index is -0.293. The maximum absolute atomic E-state index is 11.9. The quantitative estimate of drug-likeness (QED) is 0.833. The summed E-state index contributed by atoms with van der Waals surface area (Å²) in [5.41, 5.74) is 1.90. The molecule has 0 atom stereocenters. The molecule has 0 aliphatic rings. The normalized spacial score (nSPS) is 10.6. The molecule has 2 aromatic rings. The van der Waals surface area contributed by atoms with Crippen molar-refractivity contribution in [2.24, 2.45) is 0 Å².